The lowest BCUT2D eigenvalue weighted by molar-refractivity contribution is 0.285. The summed E-state index contributed by atoms with van der Waals surface area (Å²) < 4.78 is 26.8. The van der Waals surface area contributed by atoms with Crippen molar-refractivity contribution in [1.29, 1.82) is 0 Å². The highest BCUT2D eigenvalue weighted by Gasteiger charge is 2.24. The van der Waals surface area contributed by atoms with Crippen molar-refractivity contribution in [2.24, 2.45) is 0 Å². The van der Waals surface area contributed by atoms with Crippen LogP contribution < -0.4 is 5.73 Å². The Balaban J connectivity index is 2.77. The molecule has 5 nitrogen and oxygen atoms in total. The number of benzene rings is 1. The first kappa shape index (κ1) is 17.9. The molecule has 6 heteroatoms. The van der Waals surface area contributed by atoms with Crippen molar-refractivity contribution in [3.05, 3.63) is 24.3 Å². The molecule has 0 fully saturated rings. The molecule has 0 atom stereocenters. The zero-order valence-corrected chi connectivity index (χ0v) is 14.1. The molecule has 120 valence electrons. The Hall–Kier alpha value is -1.11. The maximum atomic E-state index is 12.6. The van der Waals surface area contributed by atoms with Crippen LogP contribution in [0.1, 0.15) is 27.2 Å². The first-order valence-corrected chi connectivity index (χ1v) is 8.98. The third-order valence-electron chi connectivity index (χ3n) is 3.67. The number of nitrogen functional groups attached to an aromatic ring is 1. The third-order valence-corrected chi connectivity index (χ3v) is 5.71. The van der Waals surface area contributed by atoms with Gasteiger partial charge in [0.2, 0.25) is 10.0 Å². The maximum absolute atomic E-state index is 12.6. The molecule has 1 rings (SSSR count). The summed E-state index contributed by atoms with van der Waals surface area (Å²) in [4.78, 5) is 2.49. The van der Waals surface area contributed by atoms with E-state index in [2.05, 4.69) is 18.7 Å². The van der Waals surface area contributed by atoms with Crippen LogP contribution in [-0.2, 0) is 10.0 Å². The van der Waals surface area contributed by atoms with E-state index < -0.39 is 10.0 Å². The molecule has 1 aromatic rings. The van der Waals surface area contributed by atoms with Gasteiger partial charge in [0.05, 0.1) is 5.69 Å². The monoisotopic (exact) mass is 313 g/mol. The molecule has 2 N–H and O–H groups in total. The quantitative estimate of drug-likeness (QED) is 0.708. The summed E-state index contributed by atoms with van der Waals surface area (Å²) in [7, 11) is -3.50. The van der Waals surface area contributed by atoms with Gasteiger partial charge in [-0.2, -0.15) is 4.31 Å². The first-order valence-electron chi connectivity index (χ1n) is 7.54. The van der Waals surface area contributed by atoms with Gasteiger partial charge in [0.25, 0.3) is 0 Å². The van der Waals surface area contributed by atoms with Gasteiger partial charge in [-0.25, -0.2) is 8.42 Å². The number of hydrogen-bond donors (Lipinski definition) is 1. The number of nitrogens with two attached hydrogens (primary N) is 1. The number of sulfonamides is 1. The van der Waals surface area contributed by atoms with Crippen molar-refractivity contribution in [1.82, 2.24) is 9.21 Å². The number of para-hydroxylation sites is 1. The van der Waals surface area contributed by atoms with Gasteiger partial charge in [-0.1, -0.05) is 32.9 Å². The molecule has 0 aliphatic heterocycles. The van der Waals surface area contributed by atoms with Crippen LogP contribution in [0.15, 0.2) is 29.2 Å². The second-order valence-electron chi connectivity index (χ2n) is 4.91. The predicted molar refractivity (Wildman–Crippen MR) is 87.7 cm³/mol. The molecule has 0 aromatic heterocycles. The summed E-state index contributed by atoms with van der Waals surface area (Å²) >= 11 is 0. The van der Waals surface area contributed by atoms with Crippen molar-refractivity contribution in [2.45, 2.75) is 32.1 Å². The highest BCUT2D eigenvalue weighted by molar-refractivity contribution is 7.89. The topological polar surface area (TPSA) is 66.6 Å². The molecular weight excluding hydrogens is 286 g/mol. The lowest BCUT2D eigenvalue weighted by Gasteiger charge is -2.23. The number of rotatable bonds is 9. The smallest absolute Gasteiger partial charge is 0.245 e. The van der Waals surface area contributed by atoms with Crippen LogP contribution >= 0.6 is 0 Å². The van der Waals surface area contributed by atoms with E-state index in [0.717, 1.165) is 26.1 Å². The second-order valence-corrected chi connectivity index (χ2v) is 6.82. The molecule has 0 saturated heterocycles. The van der Waals surface area contributed by atoms with Gasteiger partial charge in [0, 0.05) is 13.1 Å². The average molecular weight is 313 g/mol. The molecule has 0 unspecified atom stereocenters. The second kappa shape index (κ2) is 8.36. The summed E-state index contributed by atoms with van der Waals surface area (Å²) in [6.07, 6.45) is 0.821. The summed E-state index contributed by atoms with van der Waals surface area (Å²) in [6.45, 7) is 9.93. The van der Waals surface area contributed by atoms with E-state index in [9.17, 15) is 8.42 Å². The Labute approximate surface area is 128 Å². The van der Waals surface area contributed by atoms with Crippen LogP contribution in [-0.4, -0.2) is 50.3 Å². The molecule has 0 bridgehead atoms. The normalized spacial score (nSPS) is 12.2. The number of hydrogen-bond acceptors (Lipinski definition) is 4. The highest BCUT2D eigenvalue weighted by Crippen LogP contribution is 2.21. The van der Waals surface area contributed by atoms with Crippen LogP contribution in [0.5, 0.6) is 0 Å². The Bertz CT molecular complexity index is 527. The van der Waals surface area contributed by atoms with Crippen LogP contribution in [0.4, 0.5) is 5.69 Å². The van der Waals surface area contributed by atoms with Crippen molar-refractivity contribution < 1.29 is 8.42 Å². The van der Waals surface area contributed by atoms with Gasteiger partial charge in [0.15, 0.2) is 0 Å². The summed E-state index contributed by atoms with van der Waals surface area (Å²) in [5, 5.41) is 0. The summed E-state index contributed by atoms with van der Waals surface area (Å²) in [5.74, 6) is 0. The lowest BCUT2D eigenvalue weighted by Crippen LogP contribution is -2.34. The molecule has 0 aliphatic carbocycles. The molecule has 1 aromatic carbocycles. The summed E-state index contributed by atoms with van der Waals surface area (Å²) in [6, 6.07) is 6.63. The Kier molecular flexibility index (Phi) is 7.14. The lowest BCUT2D eigenvalue weighted by atomic mass is 10.3. The van der Waals surface area contributed by atoms with Crippen molar-refractivity contribution in [3.8, 4) is 0 Å². The molecule has 0 radical (unpaired) electrons. The SMILES string of the molecule is CCN(CC)CCCN(CC)S(=O)(=O)c1ccccc1N. The number of nitrogens with zero attached hydrogens (tertiary/aromatic N) is 2. The first-order chi connectivity index (χ1) is 9.97. The highest BCUT2D eigenvalue weighted by atomic mass is 32.2. The van der Waals surface area contributed by atoms with E-state index in [4.69, 9.17) is 5.73 Å². The molecule has 0 saturated carbocycles. The van der Waals surface area contributed by atoms with Gasteiger partial charge in [-0.15, -0.1) is 0 Å². The van der Waals surface area contributed by atoms with Crippen molar-refractivity contribution >= 4 is 15.7 Å². The van der Waals surface area contributed by atoms with Gasteiger partial charge >= 0.3 is 0 Å². The van der Waals surface area contributed by atoms with Crippen molar-refractivity contribution in [3.63, 3.8) is 0 Å². The molecule has 0 heterocycles. The Morgan fingerprint density at radius 1 is 1.00 bits per heavy atom. The van der Waals surface area contributed by atoms with Gasteiger partial charge in [-0.05, 0) is 38.2 Å². The van der Waals surface area contributed by atoms with E-state index in [1.807, 2.05) is 6.92 Å². The average Bonchev–Trinajstić information content (AvgIpc) is 2.47. The zero-order valence-electron chi connectivity index (χ0n) is 13.2. The maximum Gasteiger partial charge on any atom is 0.245 e. The molecule has 0 aliphatic rings. The minimum absolute atomic E-state index is 0.203. The Morgan fingerprint density at radius 2 is 1.62 bits per heavy atom. The molecular formula is C15H27N3O2S. The number of anilines is 1. The van der Waals surface area contributed by atoms with E-state index in [1.165, 1.54) is 4.31 Å². The van der Waals surface area contributed by atoms with Gasteiger partial charge < -0.3 is 10.6 Å². The fourth-order valence-electron chi connectivity index (χ4n) is 2.31. The third kappa shape index (κ3) is 4.69. The van der Waals surface area contributed by atoms with E-state index >= 15 is 0 Å². The minimum Gasteiger partial charge on any atom is -0.398 e. The minimum atomic E-state index is -3.50. The van der Waals surface area contributed by atoms with Gasteiger partial charge in [0.1, 0.15) is 4.90 Å². The fourth-order valence-corrected chi connectivity index (χ4v) is 3.92. The van der Waals surface area contributed by atoms with Crippen LogP contribution in [0.3, 0.4) is 0 Å². The zero-order chi connectivity index (χ0) is 15.9. The van der Waals surface area contributed by atoms with E-state index in [0.29, 0.717) is 18.8 Å². The molecule has 21 heavy (non-hydrogen) atoms. The van der Waals surface area contributed by atoms with Crippen molar-refractivity contribution in [2.75, 3.05) is 38.5 Å². The van der Waals surface area contributed by atoms with Crippen LogP contribution in [0, 0.1) is 0 Å². The summed E-state index contributed by atoms with van der Waals surface area (Å²) in [5.41, 5.74) is 6.11. The fraction of sp³-hybridized carbons (Fsp3) is 0.600. The molecule has 0 spiro atoms. The predicted octanol–water partition coefficient (Wildman–Crippen LogP) is 2.01. The van der Waals surface area contributed by atoms with Gasteiger partial charge in [-0.3, -0.25) is 0 Å². The molecule has 0 amide bonds. The van der Waals surface area contributed by atoms with Crippen LogP contribution in [0.2, 0.25) is 0 Å². The standard InChI is InChI=1S/C15H27N3O2S/c1-4-17(5-2)12-9-13-18(6-3)21(19,20)15-11-8-7-10-14(15)16/h7-8,10-11H,4-6,9,12-13,16H2,1-3H3. The largest absolute Gasteiger partial charge is 0.398 e. The Morgan fingerprint density at radius 3 is 2.14 bits per heavy atom. The van der Waals surface area contributed by atoms with Crippen LogP contribution in [0.25, 0.3) is 0 Å². The van der Waals surface area contributed by atoms with E-state index in [1.54, 1.807) is 24.3 Å². The van der Waals surface area contributed by atoms with E-state index in [-0.39, 0.29) is 4.90 Å².